The lowest BCUT2D eigenvalue weighted by molar-refractivity contribution is 0.0510. The number of fused-ring (bicyclic) bond motifs is 2. The third-order valence-corrected chi connectivity index (χ3v) is 16.2. The smallest absolute Gasteiger partial charge is 0.360 e. The summed E-state index contributed by atoms with van der Waals surface area (Å²) >= 11 is 30.8. The molecular weight excluding hydrogens is 1040 g/mol. The second kappa shape index (κ2) is 23.7. The highest BCUT2D eigenvalue weighted by molar-refractivity contribution is 6.44. The molecule has 6 aromatic rings. The number of aromatic nitrogens is 4. The number of ether oxygens (including phenoxy) is 2. The molecule has 2 aliphatic heterocycles. The van der Waals surface area contributed by atoms with Crippen molar-refractivity contribution in [1.29, 1.82) is 0 Å². The molecule has 18 heteroatoms. The van der Waals surface area contributed by atoms with E-state index in [0.717, 1.165) is 45.4 Å². The number of piperidine rings is 2. The van der Waals surface area contributed by atoms with Crippen LogP contribution in [0.2, 0.25) is 25.2 Å². The zero-order chi connectivity index (χ0) is 50.6. The lowest BCUT2D eigenvalue weighted by Crippen LogP contribution is -2.45. The van der Waals surface area contributed by atoms with Crippen LogP contribution in [0.15, 0.2) is 84.9 Å². The molecule has 10 rings (SSSR count). The Bertz CT molecular complexity index is 2950. The molecule has 0 unspecified atom stereocenters. The van der Waals surface area contributed by atoms with Gasteiger partial charge in [-0.2, -0.15) is 0 Å². The number of nitrogens with one attached hydrogen (secondary N) is 1. The Morgan fingerprint density at radius 3 is 1.56 bits per heavy atom. The maximum Gasteiger partial charge on any atom is 0.360 e. The van der Waals surface area contributed by atoms with Gasteiger partial charge in [-0.15, -0.1) is 12.4 Å². The van der Waals surface area contributed by atoms with Crippen LogP contribution in [0.3, 0.4) is 0 Å². The van der Waals surface area contributed by atoms with Crippen molar-refractivity contribution in [2.75, 3.05) is 44.3 Å². The van der Waals surface area contributed by atoms with Gasteiger partial charge in [-0.1, -0.05) is 131 Å². The molecule has 380 valence electrons. The molecule has 0 bridgehead atoms. The van der Waals surface area contributed by atoms with Crippen molar-refractivity contribution in [3.8, 4) is 22.5 Å². The number of rotatable bonds is 7. The van der Waals surface area contributed by atoms with Crippen molar-refractivity contribution in [2.45, 2.75) is 78.3 Å². The molecule has 2 aliphatic carbocycles. The van der Waals surface area contributed by atoms with Crippen LogP contribution in [0.1, 0.15) is 106 Å². The van der Waals surface area contributed by atoms with Gasteiger partial charge in [0.15, 0.2) is 22.4 Å². The van der Waals surface area contributed by atoms with Crippen LogP contribution in [-0.2, 0) is 22.3 Å². The summed E-state index contributed by atoms with van der Waals surface area (Å²) in [7, 11) is 0. The van der Waals surface area contributed by atoms with E-state index in [1.165, 1.54) is 41.5 Å². The highest BCUT2D eigenvalue weighted by Crippen LogP contribution is 2.52. The van der Waals surface area contributed by atoms with E-state index in [1.807, 2.05) is 13.0 Å². The topological polar surface area (TPSA) is 171 Å². The minimum absolute atomic E-state index is 0. The van der Waals surface area contributed by atoms with Crippen molar-refractivity contribution >= 4 is 88.2 Å². The average Bonchev–Trinajstić information content (AvgIpc) is 3.79. The molecule has 2 fully saturated rings. The number of nitrogens with zero attached hydrogens (tertiary/aromatic N) is 5. The molecule has 2 saturated heterocycles. The number of carbonyl (C=O) groups excluding carboxylic acids is 2. The Hall–Kier alpha value is -4.60. The fraction of sp³-hybridized carbons (Fsp3) is 0.370. The molecule has 4 heterocycles. The van der Waals surface area contributed by atoms with Gasteiger partial charge in [0.1, 0.15) is 0 Å². The number of carbonyl (C=O) groups is 2. The van der Waals surface area contributed by atoms with Crippen molar-refractivity contribution < 1.29 is 19.1 Å². The number of benzene rings is 4. The molecule has 0 saturated carbocycles. The van der Waals surface area contributed by atoms with E-state index in [0.29, 0.717) is 65.2 Å². The minimum atomic E-state index is -0.630. The van der Waals surface area contributed by atoms with Gasteiger partial charge in [-0.05, 0) is 125 Å². The number of esters is 2. The highest BCUT2D eigenvalue weighted by Gasteiger charge is 2.47. The Balaban J connectivity index is 0.000000174. The van der Waals surface area contributed by atoms with Crippen LogP contribution in [-0.4, -0.2) is 71.3 Å². The molecule has 72 heavy (non-hydrogen) atoms. The number of halogens is 6. The van der Waals surface area contributed by atoms with E-state index in [-0.39, 0.29) is 59.7 Å². The summed E-state index contributed by atoms with van der Waals surface area (Å²) in [5, 5.41) is 4.95. The molecule has 2 atom stereocenters. The van der Waals surface area contributed by atoms with Gasteiger partial charge >= 0.3 is 11.9 Å². The lowest BCUT2D eigenvalue weighted by Gasteiger charge is -2.42. The number of hydrogen-bond donors (Lipinski definition) is 3. The van der Waals surface area contributed by atoms with Crippen LogP contribution < -0.4 is 21.7 Å². The van der Waals surface area contributed by atoms with Crippen LogP contribution in [0.4, 0.5) is 5.82 Å². The predicted molar refractivity (Wildman–Crippen MR) is 291 cm³/mol. The van der Waals surface area contributed by atoms with E-state index in [1.54, 1.807) is 51.1 Å². The minimum Gasteiger partial charge on any atom is -0.461 e. The normalized spacial score (nSPS) is 17.9. The van der Waals surface area contributed by atoms with E-state index in [9.17, 15) is 9.59 Å². The first-order valence-corrected chi connectivity index (χ1v) is 25.8. The summed E-state index contributed by atoms with van der Waals surface area (Å²) in [5.74, 6) is -0.587. The first-order valence-electron chi connectivity index (χ1n) is 23.9. The molecule has 4 aromatic carbocycles. The van der Waals surface area contributed by atoms with Gasteiger partial charge in [0, 0.05) is 36.3 Å². The molecular formula is C54H58Cl6N8O4. The molecule has 2 spiro atoms. The van der Waals surface area contributed by atoms with E-state index in [4.69, 9.17) is 88.9 Å². The van der Waals surface area contributed by atoms with Crippen LogP contribution in [0, 0.1) is 24.7 Å². The summed E-state index contributed by atoms with van der Waals surface area (Å²) in [6.45, 7) is 11.3. The molecule has 4 aliphatic rings. The molecule has 0 amide bonds. The third-order valence-electron chi connectivity index (χ3n) is 14.3. The number of aryl methyl sites for hydroxylation is 2. The summed E-state index contributed by atoms with van der Waals surface area (Å²) in [4.78, 5) is 44.9. The molecule has 12 nitrogen and oxygen atoms in total. The molecule has 0 radical (unpaired) electrons. The van der Waals surface area contributed by atoms with E-state index in [2.05, 4.69) is 68.7 Å². The van der Waals surface area contributed by atoms with Gasteiger partial charge in [0.2, 0.25) is 0 Å². The van der Waals surface area contributed by atoms with Gasteiger partial charge < -0.3 is 31.2 Å². The number of nitrogens with two attached hydrogens (primary N) is 2. The van der Waals surface area contributed by atoms with E-state index < -0.39 is 11.9 Å². The van der Waals surface area contributed by atoms with Crippen LogP contribution >= 0.6 is 70.4 Å². The summed E-state index contributed by atoms with van der Waals surface area (Å²) in [6.07, 6.45) is 6.44. The van der Waals surface area contributed by atoms with Gasteiger partial charge in [0.25, 0.3) is 0 Å². The van der Waals surface area contributed by atoms with Crippen LogP contribution in [0.25, 0.3) is 22.5 Å². The first-order chi connectivity index (χ1) is 34.1. The maximum absolute atomic E-state index is 13.0. The van der Waals surface area contributed by atoms with E-state index >= 15 is 0 Å². The van der Waals surface area contributed by atoms with Crippen molar-refractivity contribution in [3.63, 3.8) is 0 Å². The Labute approximate surface area is 452 Å². The summed E-state index contributed by atoms with van der Waals surface area (Å²) in [5.41, 5.74) is 22.6. The standard InChI is InChI=1S/C27H28Cl2N4O2.C14H11Cl3N2O2.C13H18N2.ClH/c1-3-35-26(34)23-25(31-16(2)22(32-23)19-9-6-10-20(28)21(19)29)33-13-11-27(12-14-33)15-17-7-4-5-8-18(17)24(27)30;1-3-21-14(20)12-13(17)18-7(2)11(19-12)8-5-4-6-9(15)10(8)16;14-12-11-4-2-1-3-10(11)9-13(12)5-7-15-8-6-13;/h4-10,24H,3,11-15,30H2,1-2H3;4-6H,3H2,1-2H3;1-4,12,15H,5-9,14H2;1H/t24-;;12-;/m1.1./s1. The SMILES string of the molecule is CCOC(=O)c1nc(-c2cccc(Cl)c2Cl)c(C)nc1Cl.CCOC(=O)c1nc(-c2cccc(Cl)c2Cl)c(C)nc1N1CCC2(CC1)Cc1ccccc1[C@H]2N.Cl.N[C@@H]1c2ccccc2CC12CCNCC2. The fourth-order valence-electron chi connectivity index (χ4n) is 10.5. The first kappa shape index (κ1) is 55.2. The number of hydrogen-bond acceptors (Lipinski definition) is 12. The summed E-state index contributed by atoms with van der Waals surface area (Å²) in [6, 6.07) is 27.9. The largest absolute Gasteiger partial charge is 0.461 e. The Morgan fingerprint density at radius 2 is 1.07 bits per heavy atom. The monoisotopic (exact) mass is 1090 g/mol. The van der Waals surface area contributed by atoms with Gasteiger partial charge in [-0.3, -0.25) is 0 Å². The highest BCUT2D eigenvalue weighted by atomic mass is 35.5. The summed E-state index contributed by atoms with van der Waals surface area (Å²) < 4.78 is 10.3. The Kier molecular flexibility index (Phi) is 18.2. The van der Waals surface area contributed by atoms with Crippen LogP contribution in [0.5, 0.6) is 0 Å². The van der Waals surface area contributed by atoms with Crippen molar-refractivity contribution in [2.24, 2.45) is 22.3 Å². The zero-order valence-corrected chi connectivity index (χ0v) is 45.1. The van der Waals surface area contributed by atoms with Crippen molar-refractivity contribution in [1.82, 2.24) is 25.3 Å². The predicted octanol–water partition coefficient (Wildman–Crippen LogP) is 12.4. The van der Waals surface area contributed by atoms with Gasteiger partial charge in [-0.25, -0.2) is 29.5 Å². The second-order valence-electron chi connectivity index (χ2n) is 18.4. The van der Waals surface area contributed by atoms with Gasteiger partial charge in [0.05, 0.1) is 56.1 Å². The second-order valence-corrected chi connectivity index (χ2v) is 20.4. The Morgan fingerprint density at radius 1 is 0.625 bits per heavy atom. The maximum atomic E-state index is 13.0. The third kappa shape index (κ3) is 11.2. The lowest BCUT2D eigenvalue weighted by atomic mass is 9.73. The fourth-order valence-corrected chi connectivity index (χ4v) is 11.5. The zero-order valence-electron chi connectivity index (χ0n) is 40.5. The average molecular weight is 1100 g/mol. The number of anilines is 1. The van der Waals surface area contributed by atoms with Crippen molar-refractivity contribution in [3.05, 3.63) is 155 Å². The molecule has 2 aromatic heterocycles. The molecule has 5 N–H and O–H groups in total. The quantitative estimate of drug-likeness (QED) is 0.129.